The number of ether oxygens (including phenoxy) is 2. The molecule has 0 spiro atoms. The van der Waals surface area contributed by atoms with Crippen molar-refractivity contribution in [3.63, 3.8) is 0 Å². The zero-order valence-electron chi connectivity index (χ0n) is 19.0. The molecular formula is C24H32N2O5S. The quantitative estimate of drug-likeness (QED) is 0.588. The Kier molecular flexibility index (Phi) is 8.15. The number of para-hydroxylation sites is 1. The third-order valence-corrected chi connectivity index (χ3v) is 7.46. The number of amides is 1. The molecule has 0 radical (unpaired) electrons. The van der Waals surface area contributed by atoms with Crippen LogP contribution in [0.5, 0.6) is 11.5 Å². The molecule has 1 aliphatic rings. The fourth-order valence-corrected chi connectivity index (χ4v) is 5.33. The van der Waals surface area contributed by atoms with Crippen molar-refractivity contribution >= 4 is 15.9 Å². The Labute approximate surface area is 190 Å². The van der Waals surface area contributed by atoms with Crippen molar-refractivity contribution in [2.45, 2.75) is 50.5 Å². The molecule has 1 aliphatic heterocycles. The summed E-state index contributed by atoms with van der Waals surface area (Å²) in [4.78, 5) is 12.7. The molecule has 1 N–H and O–H groups in total. The zero-order chi connectivity index (χ0) is 23.1. The van der Waals surface area contributed by atoms with Crippen LogP contribution >= 0.6 is 0 Å². The van der Waals surface area contributed by atoms with Gasteiger partial charge in [-0.2, -0.15) is 4.31 Å². The monoisotopic (exact) mass is 460 g/mol. The first kappa shape index (κ1) is 24.1. The van der Waals surface area contributed by atoms with Gasteiger partial charge in [-0.25, -0.2) is 8.42 Å². The summed E-state index contributed by atoms with van der Waals surface area (Å²) in [7, 11) is -1.98. The Morgan fingerprint density at radius 3 is 2.53 bits per heavy atom. The molecule has 0 saturated carbocycles. The van der Waals surface area contributed by atoms with Gasteiger partial charge in [0.1, 0.15) is 18.1 Å². The van der Waals surface area contributed by atoms with Gasteiger partial charge in [0.2, 0.25) is 15.9 Å². The topological polar surface area (TPSA) is 84.9 Å². The first-order chi connectivity index (χ1) is 15.3. The molecule has 2 aromatic carbocycles. The first-order valence-electron chi connectivity index (χ1n) is 11.0. The average Bonchev–Trinajstić information content (AvgIpc) is 3.33. The van der Waals surface area contributed by atoms with Crippen LogP contribution in [0.2, 0.25) is 0 Å². The minimum atomic E-state index is -3.52. The number of hydrogen-bond donors (Lipinski definition) is 1. The van der Waals surface area contributed by atoms with Crippen molar-refractivity contribution in [2.24, 2.45) is 0 Å². The van der Waals surface area contributed by atoms with Crippen LogP contribution in [0.3, 0.4) is 0 Å². The zero-order valence-corrected chi connectivity index (χ0v) is 19.8. The van der Waals surface area contributed by atoms with E-state index in [1.54, 1.807) is 25.3 Å². The van der Waals surface area contributed by atoms with Gasteiger partial charge in [0.15, 0.2) is 0 Å². The Bertz CT molecular complexity index is 1030. The van der Waals surface area contributed by atoms with Crippen LogP contribution in [0.15, 0.2) is 47.4 Å². The minimum Gasteiger partial charge on any atom is -0.496 e. The summed E-state index contributed by atoms with van der Waals surface area (Å²) in [6.07, 6.45) is 2.37. The van der Waals surface area contributed by atoms with E-state index in [9.17, 15) is 13.2 Å². The van der Waals surface area contributed by atoms with E-state index in [0.29, 0.717) is 37.4 Å². The summed E-state index contributed by atoms with van der Waals surface area (Å²) >= 11 is 0. The van der Waals surface area contributed by atoms with Crippen molar-refractivity contribution in [1.82, 2.24) is 9.62 Å². The van der Waals surface area contributed by atoms with E-state index in [4.69, 9.17) is 9.47 Å². The molecule has 7 nitrogen and oxygen atoms in total. The lowest BCUT2D eigenvalue weighted by molar-refractivity contribution is -0.121. The van der Waals surface area contributed by atoms with Crippen LogP contribution in [-0.2, 0) is 21.2 Å². The fraction of sp³-hybridized carbons (Fsp3) is 0.458. The van der Waals surface area contributed by atoms with E-state index in [1.807, 2.05) is 38.1 Å². The fourth-order valence-electron chi connectivity index (χ4n) is 3.76. The average molecular weight is 461 g/mol. The van der Waals surface area contributed by atoms with Crippen molar-refractivity contribution < 1.29 is 22.7 Å². The highest BCUT2D eigenvalue weighted by Crippen LogP contribution is 2.27. The van der Waals surface area contributed by atoms with Gasteiger partial charge in [0, 0.05) is 19.5 Å². The van der Waals surface area contributed by atoms with E-state index >= 15 is 0 Å². The molecule has 32 heavy (non-hydrogen) atoms. The first-order valence-corrected chi connectivity index (χ1v) is 12.4. The van der Waals surface area contributed by atoms with Gasteiger partial charge in [-0.05, 0) is 68.5 Å². The van der Waals surface area contributed by atoms with Crippen LogP contribution in [0.1, 0.15) is 37.3 Å². The van der Waals surface area contributed by atoms with Crippen molar-refractivity contribution in [1.29, 1.82) is 0 Å². The second-order valence-corrected chi connectivity index (χ2v) is 10.1. The molecule has 2 aromatic rings. The summed E-state index contributed by atoms with van der Waals surface area (Å²) in [5.74, 6) is 1.25. The highest BCUT2D eigenvalue weighted by Gasteiger charge is 2.27. The van der Waals surface area contributed by atoms with E-state index in [-0.39, 0.29) is 23.3 Å². The molecule has 0 bridgehead atoms. The van der Waals surface area contributed by atoms with Gasteiger partial charge in [-0.3, -0.25) is 4.79 Å². The number of nitrogens with one attached hydrogen (secondary N) is 1. The summed E-state index contributed by atoms with van der Waals surface area (Å²) in [6, 6.07) is 12.4. The second kappa shape index (κ2) is 10.8. The maximum Gasteiger partial charge on any atom is 0.243 e. The number of aryl methyl sites for hydroxylation is 2. The molecule has 1 amide bonds. The van der Waals surface area contributed by atoms with Gasteiger partial charge < -0.3 is 14.8 Å². The van der Waals surface area contributed by atoms with Gasteiger partial charge in [-0.15, -0.1) is 0 Å². The molecule has 1 heterocycles. The van der Waals surface area contributed by atoms with Crippen LogP contribution in [0, 0.1) is 6.92 Å². The number of methoxy groups -OCH3 is 1. The third-order valence-electron chi connectivity index (χ3n) is 5.57. The molecule has 0 aromatic heterocycles. The number of nitrogens with zero attached hydrogens (tertiary/aromatic N) is 1. The largest absolute Gasteiger partial charge is 0.496 e. The molecule has 1 atom stereocenters. The van der Waals surface area contributed by atoms with Crippen molar-refractivity contribution in [3.8, 4) is 11.5 Å². The summed E-state index contributed by atoms with van der Waals surface area (Å²) < 4.78 is 38.4. The van der Waals surface area contributed by atoms with Gasteiger partial charge in [0.05, 0.1) is 18.0 Å². The number of hydrogen-bond acceptors (Lipinski definition) is 5. The molecule has 0 aliphatic carbocycles. The Morgan fingerprint density at radius 1 is 1.12 bits per heavy atom. The molecule has 1 saturated heterocycles. The maximum atomic E-state index is 12.9. The predicted octanol–water partition coefficient (Wildman–Crippen LogP) is 3.30. The molecule has 1 fully saturated rings. The van der Waals surface area contributed by atoms with Gasteiger partial charge in [0.25, 0.3) is 0 Å². The number of rotatable bonds is 10. The Morgan fingerprint density at radius 2 is 1.84 bits per heavy atom. The predicted molar refractivity (Wildman–Crippen MR) is 124 cm³/mol. The third kappa shape index (κ3) is 6.01. The van der Waals surface area contributed by atoms with E-state index < -0.39 is 10.0 Å². The molecule has 8 heteroatoms. The lowest BCUT2D eigenvalue weighted by Crippen LogP contribution is -2.37. The highest BCUT2D eigenvalue weighted by atomic mass is 32.2. The molecule has 3 rings (SSSR count). The number of benzene rings is 2. The van der Waals surface area contributed by atoms with Crippen LogP contribution in [0.4, 0.5) is 0 Å². The van der Waals surface area contributed by atoms with E-state index in [2.05, 4.69) is 5.32 Å². The lowest BCUT2D eigenvalue weighted by Gasteiger charge is -2.18. The number of sulfonamides is 1. The van der Waals surface area contributed by atoms with Gasteiger partial charge >= 0.3 is 0 Å². The highest BCUT2D eigenvalue weighted by molar-refractivity contribution is 7.89. The Balaban J connectivity index is 1.58. The van der Waals surface area contributed by atoms with Crippen LogP contribution < -0.4 is 14.8 Å². The normalized spacial score (nSPS) is 15.3. The summed E-state index contributed by atoms with van der Waals surface area (Å²) in [5.41, 5.74) is 1.74. The lowest BCUT2D eigenvalue weighted by atomic mass is 10.1. The van der Waals surface area contributed by atoms with Crippen LogP contribution in [0.25, 0.3) is 0 Å². The van der Waals surface area contributed by atoms with E-state index in [0.717, 1.165) is 24.2 Å². The van der Waals surface area contributed by atoms with Crippen molar-refractivity contribution in [2.75, 3.05) is 26.8 Å². The number of carbonyl (C=O) groups excluding carboxylic acids is 1. The Hall–Kier alpha value is -2.58. The standard InChI is InChI=1S/C24H32N2O5S/c1-18-8-4-5-9-22(18)31-17-19(2)25-24(27)13-10-20-16-21(11-12-23(20)30-3)32(28,29)26-14-6-7-15-26/h4-5,8-9,11-12,16,19H,6-7,10,13-15,17H2,1-3H3,(H,25,27)/t19-/m0/s1. The maximum absolute atomic E-state index is 12.9. The minimum absolute atomic E-state index is 0.124. The second-order valence-electron chi connectivity index (χ2n) is 8.13. The van der Waals surface area contributed by atoms with E-state index in [1.165, 1.54) is 4.31 Å². The van der Waals surface area contributed by atoms with Crippen molar-refractivity contribution in [3.05, 3.63) is 53.6 Å². The van der Waals surface area contributed by atoms with Gasteiger partial charge in [-0.1, -0.05) is 18.2 Å². The molecule has 174 valence electrons. The smallest absolute Gasteiger partial charge is 0.243 e. The number of carbonyl (C=O) groups is 1. The summed E-state index contributed by atoms with van der Waals surface area (Å²) in [6.45, 7) is 5.33. The summed E-state index contributed by atoms with van der Waals surface area (Å²) in [5, 5.41) is 2.94. The molecule has 0 unspecified atom stereocenters. The SMILES string of the molecule is COc1ccc(S(=O)(=O)N2CCCC2)cc1CCC(=O)N[C@@H](C)COc1ccccc1C. The molecular weight excluding hydrogens is 428 g/mol. The van der Waals surface area contributed by atoms with Crippen LogP contribution in [-0.4, -0.2) is 51.5 Å².